The second kappa shape index (κ2) is 11.4. The second-order valence-electron chi connectivity index (χ2n) is 7.24. The zero-order chi connectivity index (χ0) is 25.5. The van der Waals surface area contributed by atoms with Gasteiger partial charge in [0.2, 0.25) is 15.9 Å². The Morgan fingerprint density at radius 2 is 2.03 bits per heavy atom. The van der Waals surface area contributed by atoms with Crippen molar-refractivity contribution < 1.29 is 26.8 Å². The molecule has 0 fully saturated rings. The lowest BCUT2D eigenvalue weighted by Crippen LogP contribution is -2.42. The van der Waals surface area contributed by atoms with E-state index >= 15 is 0 Å². The number of carbonyl (C=O) groups excluding carboxylic acids is 2. The maximum absolute atomic E-state index is 13.9. The molecule has 1 atom stereocenters. The minimum absolute atomic E-state index is 0.108. The average molecular weight is 499 g/mol. The molecule has 0 saturated carbocycles. The van der Waals surface area contributed by atoms with E-state index in [9.17, 15) is 31.6 Å². The number of nitrogens with zero attached hydrogens (tertiary/aromatic N) is 1. The zero-order valence-corrected chi connectivity index (χ0v) is 18.9. The Morgan fingerprint density at radius 3 is 2.65 bits per heavy atom. The third-order valence-corrected chi connectivity index (χ3v) is 5.84. The molecule has 0 spiro atoms. The van der Waals surface area contributed by atoms with E-state index in [0.29, 0.717) is 18.8 Å². The normalized spacial score (nSPS) is 12.0. The van der Waals surface area contributed by atoms with E-state index in [-0.39, 0.29) is 24.6 Å². The number of aromatic amines is 1. The van der Waals surface area contributed by atoms with Crippen molar-refractivity contribution in [2.45, 2.75) is 31.6 Å². The van der Waals surface area contributed by atoms with Crippen molar-refractivity contribution in [2.75, 3.05) is 16.2 Å². The molecule has 1 amide bonds. The Bertz CT molecular complexity index is 1230. The minimum atomic E-state index is -4.44. The molecule has 0 saturated heterocycles. The lowest BCUT2D eigenvalue weighted by molar-refractivity contribution is -0.119. The summed E-state index contributed by atoms with van der Waals surface area (Å²) >= 11 is 0. The highest BCUT2D eigenvalue weighted by molar-refractivity contribution is 7.91. The fourth-order valence-corrected chi connectivity index (χ4v) is 4.40. The summed E-state index contributed by atoms with van der Waals surface area (Å²) in [5.74, 6) is -3.72. The van der Waals surface area contributed by atoms with Crippen molar-refractivity contribution >= 4 is 39.6 Å². The smallest absolute Gasteiger partial charge is 0.274 e. The van der Waals surface area contributed by atoms with Crippen LogP contribution in [0.15, 0.2) is 35.3 Å². The van der Waals surface area contributed by atoms with Crippen molar-refractivity contribution in [3.05, 3.63) is 58.0 Å². The number of pyridine rings is 1. The molecule has 1 heterocycles. The third kappa shape index (κ3) is 7.10. The quantitative estimate of drug-likeness (QED) is 0.131. The number of amides is 1. The van der Waals surface area contributed by atoms with Crippen LogP contribution in [0.4, 0.5) is 20.2 Å². The summed E-state index contributed by atoms with van der Waals surface area (Å²) in [6.45, 7) is 1.37. The number of hydrogen-bond donors (Lipinski definition) is 5. The first-order valence-corrected chi connectivity index (χ1v) is 11.6. The molecule has 1 aromatic heterocycles. The summed E-state index contributed by atoms with van der Waals surface area (Å²) in [4.78, 5) is 39.9. The Morgan fingerprint density at radius 1 is 1.32 bits per heavy atom. The molecule has 0 radical (unpaired) electrons. The molecule has 2 rings (SSSR count). The van der Waals surface area contributed by atoms with E-state index < -0.39 is 56.2 Å². The van der Waals surface area contributed by atoms with E-state index in [4.69, 9.17) is 11.1 Å². The molecule has 0 bridgehead atoms. The van der Waals surface area contributed by atoms with E-state index in [2.05, 4.69) is 10.3 Å². The number of hydrogen-bond acceptors (Lipinski definition) is 6. The Balaban J connectivity index is 2.39. The van der Waals surface area contributed by atoms with E-state index in [0.717, 1.165) is 30.2 Å². The lowest BCUT2D eigenvalue weighted by Gasteiger charge is -2.29. The summed E-state index contributed by atoms with van der Waals surface area (Å²) in [7, 11) is -4.44. The number of sulfonamides is 1. The molecule has 0 aliphatic heterocycles. The SMILES string of the molecule is CC(=O)N(c1cc[nH]c(=O)c1NS(=O)(=O)Cc1cc(F)ccc1F)[C@H](C=O)CCCNC(=N)N. The van der Waals surface area contributed by atoms with Crippen molar-refractivity contribution in [3.63, 3.8) is 0 Å². The molecular formula is C20H24F2N6O5S. The number of nitrogens with two attached hydrogens (primary N) is 1. The topological polar surface area (TPSA) is 178 Å². The molecule has 6 N–H and O–H groups in total. The number of nitrogens with one attached hydrogen (secondary N) is 4. The van der Waals surface area contributed by atoms with Gasteiger partial charge in [-0.1, -0.05) is 0 Å². The van der Waals surface area contributed by atoms with Crippen molar-refractivity contribution in [2.24, 2.45) is 5.73 Å². The van der Waals surface area contributed by atoms with Crippen molar-refractivity contribution in [1.29, 1.82) is 5.41 Å². The first-order chi connectivity index (χ1) is 15.9. The minimum Gasteiger partial charge on any atom is -0.370 e. The molecule has 0 aliphatic rings. The van der Waals surface area contributed by atoms with Crippen LogP contribution < -0.4 is 26.2 Å². The highest BCUT2D eigenvalue weighted by Crippen LogP contribution is 2.27. The van der Waals surface area contributed by atoms with Gasteiger partial charge in [-0.3, -0.25) is 19.7 Å². The first-order valence-electron chi connectivity index (χ1n) is 9.94. The van der Waals surface area contributed by atoms with Crippen LogP contribution in [-0.2, 0) is 25.4 Å². The molecule has 0 aliphatic carbocycles. The number of anilines is 2. The van der Waals surface area contributed by atoms with Crippen LogP contribution in [0.25, 0.3) is 0 Å². The van der Waals surface area contributed by atoms with E-state index in [1.54, 1.807) is 0 Å². The molecule has 14 heteroatoms. The number of H-pyrrole nitrogens is 1. The largest absolute Gasteiger partial charge is 0.370 e. The van der Waals surface area contributed by atoms with Crippen LogP contribution in [-0.4, -0.2) is 44.1 Å². The van der Waals surface area contributed by atoms with Gasteiger partial charge in [-0.2, -0.15) is 0 Å². The molecule has 0 unspecified atom stereocenters. The molecular weight excluding hydrogens is 474 g/mol. The first kappa shape index (κ1) is 26.4. The van der Waals surface area contributed by atoms with Gasteiger partial charge < -0.3 is 25.7 Å². The Kier molecular flexibility index (Phi) is 8.83. The van der Waals surface area contributed by atoms with Crippen molar-refractivity contribution in [1.82, 2.24) is 10.3 Å². The monoisotopic (exact) mass is 498 g/mol. The number of guanidine groups is 1. The van der Waals surface area contributed by atoms with E-state index in [1.165, 1.54) is 6.07 Å². The predicted molar refractivity (Wildman–Crippen MR) is 122 cm³/mol. The molecule has 184 valence electrons. The van der Waals surface area contributed by atoms with Gasteiger partial charge in [-0.15, -0.1) is 0 Å². The van der Waals surface area contributed by atoms with Crippen LogP contribution in [0, 0.1) is 17.0 Å². The Labute approximate surface area is 193 Å². The maximum atomic E-state index is 13.9. The van der Waals surface area contributed by atoms with Crippen LogP contribution in [0.5, 0.6) is 0 Å². The number of halogens is 2. The predicted octanol–water partition coefficient (Wildman–Crippen LogP) is 0.779. The molecule has 2 aromatic rings. The van der Waals surface area contributed by atoms with Crippen molar-refractivity contribution in [3.8, 4) is 0 Å². The highest BCUT2D eigenvalue weighted by Gasteiger charge is 2.28. The van der Waals surface area contributed by atoms with Gasteiger partial charge in [-0.05, 0) is 37.1 Å². The number of benzene rings is 1. The van der Waals surface area contributed by atoms with Gasteiger partial charge in [0.25, 0.3) is 5.56 Å². The summed E-state index contributed by atoms with van der Waals surface area (Å²) in [6.07, 6.45) is 2.06. The molecule has 11 nitrogen and oxygen atoms in total. The zero-order valence-electron chi connectivity index (χ0n) is 18.1. The van der Waals surface area contributed by atoms with Gasteiger partial charge in [0.1, 0.15) is 23.6 Å². The number of aromatic nitrogens is 1. The van der Waals surface area contributed by atoms with Crippen LogP contribution >= 0.6 is 0 Å². The lowest BCUT2D eigenvalue weighted by atomic mass is 10.1. The van der Waals surface area contributed by atoms with Crippen LogP contribution in [0.3, 0.4) is 0 Å². The number of rotatable bonds is 11. The fourth-order valence-electron chi connectivity index (χ4n) is 3.19. The van der Waals surface area contributed by atoms with Crippen LogP contribution in [0.1, 0.15) is 25.3 Å². The molecule has 1 aromatic carbocycles. The number of carbonyl (C=O) groups is 2. The summed E-state index contributed by atoms with van der Waals surface area (Å²) in [5, 5.41) is 9.69. The standard InChI is InChI=1S/C20H24F2N6O5S/c1-12(30)28(15(10-29)3-2-7-26-20(23)24)17-6-8-25-19(31)18(17)27-34(32,33)11-13-9-14(21)4-5-16(13)22/h4-6,8-10,15,27H,2-3,7,11H2,1H3,(H,25,31)(H4,23,24,26)/t15-/m0/s1. The Hall–Kier alpha value is -3.81. The van der Waals surface area contributed by atoms with Gasteiger partial charge in [0, 0.05) is 25.2 Å². The van der Waals surface area contributed by atoms with Gasteiger partial charge in [-0.25, -0.2) is 17.2 Å². The van der Waals surface area contributed by atoms with Gasteiger partial charge in [0.15, 0.2) is 5.96 Å². The maximum Gasteiger partial charge on any atom is 0.274 e. The van der Waals surface area contributed by atoms with Gasteiger partial charge in [0.05, 0.1) is 17.5 Å². The third-order valence-electron chi connectivity index (χ3n) is 4.63. The van der Waals surface area contributed by atoms with E-state index in [1.807, 2.05) is 4.72 Å². The summed E-state index contributed by atoms with van der Waals surface area (Å²) in [6, 6.07) is 2.47. The molecule has 34 heavy (non-hydrogen) atoms. The summed E-state index contributed by atoms with van der Waals surface area (Å²) in [5.41, 5.74) is 3.05. The fraction of sp³-hybridized carbons (Fsp3) is 0.300. The second-order valence-corrected chi connectivity index (χ2v) is 8.96. The average Bonchev–Trinajstić information content (AvgIpc) is 2.74. The number of aldehydes is 1. The summed E-state index contributed by atoms with van der Waals surface area (Å²) < 4.78 is 54.7. The van der Waals surface area contributed by atoms with Gasteiger partial charge >= 0.3 is 0 Å². The van der Waals surface area contributed by atoms with Crippen LogP contribution in [0.2, 0.25) is 0 Å². The highest BCUT2D eigenvalue weighted by atomic mass is 32.2.